The minimum atomic E-state index is -0.0400. The molecule has 2 aromatic heterocycles. The summed E-state index contributed by atoms with van der Waals surface area (Å²) in [4.78, 5) is 19.1. The van der Waals surface area contributed by atoms with Gasteiger partial charge in [-0.3, -0.25) is 9.69 Å². The summed E-state index contributed by atoms with van der Waals surface area (Å²) in [5.41, 5.74) is 5.31. The Morgan fingerprint density at radius 2 is 2.08 bits per heavy atom. The zero-order chi connectivity index (χ0) is 24.5. The lowest BCUT2D eigenvalue weighted by Gasteiger charge is -2.26. The first-order valence-corrected chi connectivity index (χ1v) is 12.6. The molecule has 36 heavy (non-hydrogen) atoms. The van der Waals surface area contributed by atoms with Crippen molar-refractivity contribution in [3.05, 3.63) is 65.5 Å². The van der Waals surface area contributed by atoms with E-state index in [9.17, 15) is 4.79 Å². The van der Waals surface area contributed by atoms with E-state index in [1.54, 1.807) is 6.20 Å². The molecule has 3 aromatic rings. The Labute approximate surface area is 210 Å². The largest absolute Gasteiger partial charge is 0.379 e. The lowest BCUT2D eigenvalue weighted by Crippen LogP contribution is -2.35. The topological polar surface area (TPSA) is 95.8 Å². The molecular formula is C27H31N7O2. The van der Waals surface area contributed by atoms with Crippen molar-refractivity contribution >= 4 is 35.0 Å². The number of aromatic nitrogens is 3. The Hall–Kier alpha value is -3.69. The van der Waals surface area contributed by atoms with Crippen LogP contribution in [0.3, 0.4) is 0 Å². The van der Waals surface area contributed by atoms with Crippen LogP contribution in [-0.4, -0.2) is 58.3 Å². The number of benzene rings is 1. The van der Waals surface area contributed by atoms with Crippen molar-refractivity contribution in [1.29, 1.82) is 0 Å². The molecule has 2 saturated heterocycles. The molecular weight excluding hydrogens is 454 g/mol. The predicted octanol–water partition coefficient (Wildman–Crippen LogP) is 3.54. The summed E-state index contributed by atoms with van der Waals surface area (Å²) in [5.74, 6) is 2.31. The third kappa shape index (κ3) is 5.12. The predicted molar refractivity (Wildman–Crippen MR) is 140 cm³/mol. The molecule has 3 fully saturated rings. The molecule has 6 rings (SSSR count). The van der Waals surface area contributed by atoms with Gasteiger partial charge in [0.1, 0.15) is 11.6 Å². The number of hydrogen-bond acceptors (Lipinski definition) is 7. The third-order valence-corrected chi connectivity index (χ3v) is 6.84. The molecule has 1 aromatic carbocycles. The molecule has 1 saturated carbocycles. The van der Waals surface area contributed by atoms with Gasteiger partial charge < -0.3 is 20.7 Å². The zero-order valence-corrected chi connectivity index (χ0v) is 20.3. The molecule has 3 aliphatic rings. The van der Waals surface area contributed by atoms with Gasteiger partial charge in [-0.05, 0) is 48.1 Å². The Kier molecular flexibility index (Phi) is 6.16. The fourth-order valence-corrected chi connectivity index (χ4v) is 4.65. The van der Waals surface area contributed by atoms with Gasteiger partial charge in [-0.1, -0.05) is 18.7 Å². The van der Waals surface area contributed by atoms with Gasteiger partial charge >= 0.3 is 0 Å². The van der Waals surface area contributed by atoms with E-state index in [-0.39, 0.29) is 5.91 Å². The second-order valence-electron chi connectivity index (χ2n) is 9.77. The highest BCUT2D eigenvalue weighted by molar-refractivity contribution is 5.89. The first-order chi connectivity index (χ1) is 17.6. The molecule has 3 N–H and O–H groups in total. The highest BCUT2D eigenvalue weighted by Crippen LogP contribution is 2.30. The molecule has 0 unspecified atom stereocenters. The molecule has 186 valence electrons. The van der Waals surface area contributed by atoms with Gasteiger partial charge in [-0.15, -0.1) is 0 Å². The highest BCUT2D eigenvalue weighted by atomic mass is 16.5. The number of rotatable bonds is 8. The van der Waals surface area contributed by atoms with E-state index in [1.165, 1.54) is 18.4 Å². The van der Waals surface area contributed by atoms with Crippen LogP contribution in [0.25, 0.3) is 11.7 Å². The monoisotopic (exact) mass is 485 g/mol. The highest BCUT2D eigenvalue weighted by Gasteiger charge is 2.22. The Bertz CT molecular complexity index is 1340. The van der Waals surface area contributed by atoms with Crippen molar-refractivity contribution in [3.63, 3.8) is 0 Å². The van der Waals surface area contributed by atoms with Gasteiger partial charge in [-0.25, -0.2) is 4.98 Å². The van der Waals surface area contributed by atoms with Gasteiger partial charge in [0, 0.05) is 49.2 Å². The number of carbonyl (C=O) groups is 1. The smallest absolute Gasteiger partial charge is 0.228 e. The quantitative estimate of drug-likeness (QED) is 0.449. The van der Waals surface area contributed by atoms with E-state index < -0.39 is 0 Å². The fraction of sp³-hybridized carbons (Fsp3) is 0.370. The molecule has 1 aliphatic carbocycles. The van der Waals surface area contributed by atoms with Gasteiger partial charge in [0.05, 0.1) is 25.8 Å². The average Bonchev–Trinajstić information content (AvgIpc) is 3.54. The van der Waals surface area contributed by atoms with Crippen LogP contribution in [0.5, 0.6) is 0 Å². The standard InChI is InChI=1S/C27H31N7O2/c1-18-21(13-26(35)30-18)12-22-16-29-34-25(28-15-19-5-6-19)14-24(32-27(22)34)31-23-4-2-3-20(11-23)17-33-7-9-36-10-8-33/h2-4,11-12,14,16,19,28H,1,5-10,13,15,17H2,(H,30,35)(H,31,32)/b21-12+. The van der Waals surface area contributed by atoms with Crippen LogP contribution in [0.1, 0.15) is 30.4 Å². The minimum absolute atomic E-state index is 0.0400. The summed E-state index contributed by atoms with van der Waals surface area (Å²) in [6, 6.07) is 10.5. The van der Waals surface area contributed by atoms with Crippen LogP contribution >= 0.6 is 0 Å². The molecule has 0 radical (unpaired) electrons. The van der Waals surface area contributed by atoms with Crippen LogP contribution in [-0.2, 0) is 16.1 Å². The molecule has 0 bridgehead atoms. The first kappa shape index (κ1) is 22.8. The number of fused-ring (bicyclic) bond motifs is 1. The van der Waals surface area contributed by atoms with Crippen molar-refractivity contribution in [2.75, 3.05) is 43.5 Å². The number of ether oxygens (including phenoxy) is 1. The van der Waals surface area contributed by atoms with Gasteiger partial charge in [0.25, 0.3) is 0 Å². The summed E-state index contributed by atoms with van der Waals surface area (Å²) >= 11 is 0. The van der Waals surface area contributed by atoms with E-state index in [0.29, 0.717) is 12.1 Å². The SMILES string of the molecule is C=C1NC(=O)C/C1=C\c1cnn2c(NCC3CC3)cc(Nc3cccc(CN4CCOCC4)c3)nc12. The first-order valence-electron chi connectivity index (χ1n) is 12.6. The van der Waals surface area contributed by atoms with Crippen molar-refractivity contribution in [2.24, 2.45) is 5.92 Å². The summed E-state index contributed by atoms with van der Waals surface area (Å²) in [7, 11) is 0. The molecule has 2 aliphatic heterocycles. The number of nitrogens with one attached hydrogen (secondary N) is 3. The Morgan fingerprint density at radius 3 is 2.86 bits per heavy atom. The van der Waals surface area contributed by atoms with Crippen molar-refractivity contribution in [3.8, 4) is 0 Å². The van der Waals surface area contributed by atoms with E-state index >= 15 is 0 Å². The zero-order valence-electron chi connectivity index (χ0n) is 20.3. The van der Waals surface area contributed by atoms with E-state index in [0.717, 1.165) is 79.4 Å². The normalized spacial score (nSPS) is 19.7. The molecule has 0 spiro atoms. The molecule has 0 atom stereocenters. The van der Waals surface area contributed by atoms with Crippen LogP contribution in [0.15, 0.2) is 54.4 Å². The second-order valence-corrected chi connectivity index (χ2v) is 9.77. The number of morpholine rings is 1. The van der Waals surface area contributed by atoms with Gasteiger partial charge in [-0.2, -0.15) is 9.61 Å². The number of amides is 1. The van der Waals surface area contributed by atoms with Gasteiger partial charge in [0.15, 0.2) is 5.65 Å². The second kappa shape index (κ2) is 9.75. The van der Waals surface area contributed by atoms with Crippen LogP contribution in [0.4, 0.5) is 17.3 Å². The lowest BCUT2D eigenvalue weighted by atomic mass is 10.1. The van der Waals surface area contributed by atoms with E-state index in [2.05, 4.69) is 56.8 Å². The fourth-order valence-electron chi connectivity index (χ4n) is 4.65. The maximum absolute atomic E-state index is 11.8. The van der Waals surface area contributed by atoms with Crippen molar-refractivity contribution < 1.29 is 9.53 Å². The average molecular weight is 486 g/mol. The number of anilines is 3. The maximum Gasteiger partial charge on any atom is 0.228 e. The Morgan fingerprint density at radius 1 is 1.22 bits per heavy atom. The number of nitrogens with zero attached hydrogens (tertiary/aromatic N) is 4. The molecule has 9 nitrogen and oxygen atoms in total. The molecule has 9 heteroatoms. The summed E-state index contributed by atoms with van der Waals surface area (Å²) in [6.07, 6.45) is 6.59. The summed E-state index contributed by atoms with van der Waals surface area (Å²) in [5, 5.41) is 14.4. The van der Waals surface area contributed by atoms with E-state index in [1.807, 2.05) is 16.7 Å². The van der Waals surface area contributed by atoms with Gasteiger partial charge in [0.2, 0.25) is 5.91 Å². The number of carbonyl (C=O) groups excluding carboxylic acids is 1. The minimum Gasteiger partial charge on any atom is -0.379 e. The molecule has 1 amide bonds. The van der Waals surface area contributed by atoms with E-state index in [4.69, 9.17) is 9.72 Å². The molecule has 4 heterocycles. The van der Waals surface area contributed by atoms with Crippen LogP contribution in [0, 0.1) is 5.92 Å². The summed E-state index contributed by atoms with van der Waals surface area (Å²) in [6.45, 7) is 9.27. The maximum atomic E-state index is 11.8. The van der Waals surface area contributed by atoms with Crippen LogP contribution < -0.4 is 16.0 Å². The number of allylic oxidation sites excluding steroid dienone is 1. The Balaban J connectivity index is 1.30. The lowest BCUT2D eigenvalue weighted by molar-refractivity contribution is -0.118. The van der Waals surface area contributed by atoms with Crippen molar-refractivity contribution in [2.45, 2.75) is 25.8 Å². The number of hydrogen-bond donors (Lipinski definition) is 3. The van der Waals surface area contributed by atoms with Crippen molar-refractivity contribution in [1.82, 2.24) is 24.8 Å². The van der Waals surface area contributed by atoms with Crippen LogP contribution in [0.2, 0.25) is 0 Å². The summed E-state index contributed by atoms with van der Waals surface area (Å²) < 4.78 is 7.31. The third-order valence-electron chi connectivity index (χ3n) is 6.84.